The zero-order valence-electron chi connectivity index (χ0n) is 14.3. The Balaban J connectivity index is 1.48. The Morgan fingerprint density at radius 3 is 2.88 bits per heavy atom. The fourth-order valence-corrected chi connectivity index (χ4v) is 3.38. The van der Waals surface area contributed by atoms with Gasteiger partial charge >= 0.3 is 0 Å². The maximum Gasteiger partial charge on any atom is 0.234 e. The summed E-state index contributed by atoms with van der Waals surface area (Å²) in [6, 6.07) is 13.8. The third-order valence-corrected chi connectivity index (χ3v) is 4.74. The van der Waals surface area contributed by atoms with Crippen LogP contribution in [0.5, 0.6) is 0 Å². The molecule has 2 aromatic rings. The van der Waals surface area contributed by atoms with Gasteiger partial charge in [0.1, 0.15) is 0 Å². The van der Waals surface area contributed by atoms with Gasteiger partial charge in [-0.25, -0.2) is 0 Å². The van der Waals surface area contributed by atoms with Crippen molar-refractivity contribution in [3.8, 4) is 0 Å². The number of likely N-dealkylation sites (tertiary alicyclic amines) is 1. The summed E-state index contributed by atoms with van der Waals surface area (Å²) in [4.78, 5) is 18.5. The van der Waals surface area contributed by atoms with Crippen molar-refractivity contribution in [2.24, 2.45) is 0 Å². The van der Waals surface area contributed by atoms with E-state index in [0.717, 1.165) is 30.5 Å². The number of hydrogen-bond donors (Lipinski definition) is 2. The van der Waals surface area contributed by atoms with E-state index in [1.165, 1.54) is 0 Å². The largest absolute Gasteiger partial charge is 0.388 e. The third-order valence-electron chi connectivity index (χ3n) is 4.74. The van der Waals surface area contributed by atoms with Gasteiger partial charge in [-0.15, -0.1) is 0 Å². The first-order chi connectivity index (χ1) is 12.2. The van der Waals surface area contributed by atoms with Crippen LogP contribution in [0.1, 0.15) is 36.5 Å². The number of rotatable bonds is 7. The first-order valence-corrected chi connectivity index (χ1v) is 8.85. The highest BCUT2D eigenvalue weighted by Crippen LogP contribution is 2.27. The molecule has 1 aromatic carbocycles. The van der Waals surface area contributed by atoms with E-state index in [9.17, 15) is 9.90 Å². The van der Waals surface area contributed by atoms with Gasteiger partial charge in [-0.1, -0.05) is 36.4 Å². The van der Waals surface area contributed by atoms with Crippen LogP contribution in [0.2, 0.25) is 0 Å². The van der Waals surface area contributed by atoms with E-state index in [1.807, 2.05) is 42.5 Å². The van der Waals surface area contributed by atoms with E-state index in [4.69, 9.17) is 0 Å². The number of nitrogens with one attached hydrogen (secondary N) is 1. The van der Waals surface area contributed by atoms with E-state index in [-0.39, 0.29) is 11.9 Å². The number of aromatic nitrogens is 1. The highest BCUT2D eigenvalue weighted by molar-refractivity contribution is 5.78. The van der Waals surface area contributed by atoms with Crippen molar-refractivity contribution in [3.05, 3.63) is 66.0 Å². The van der Waals surface area contributed by atoms with Gasteiger partial charge in [-0.05, 0) is 43.0 Å². The van der Waals surface area contributed by atoms with E-state index >= 15 is 0 Å². The molecule has 5 heteroatoms. The number of aliphatic hydroxyl groups excluding tert-OH is 1. The zero-order valence-corrected chi connectivity index (χ0v) is 14.3. The Hall–Kier alpha value is -2.24. The molecule has 3 rings (SSSR count). The van der Waals surface area contributed by atoms with Crippen molar-refractivity contribution in [1.29, 1.82) is 0 Å². The number of pyridine rings is 1. The van der Waals surface area contributed by atoms with Gasteiger partial charge in [-0.2, -0.15) is 0 Å². The van der Waals surface area contributed by atoms with Crippen LogP contribution in [0.15, 0.2) is 54.9 Å². The summed E-state index contributed by atoms with van der Waals surface area (Å²) in [5.74, 6) is 0.0185. The zero-order chi connectivity index (χ0) is 17.5. The van der Waals surface area contributed by atoms with Crippen molar-refractivity contribution in [1.82, 2.24) is 15.2 Å². The molecule has 1 amide bonds. The lowest BCUT2D eigenvalue weighted by Gasteiger charge is -2.26. The van der Waals surface area contributed by atoms with Crippen LogP contribution in [0.25, 0.3) is 0 Å². The predicted octanol–water partition coefficient (Wildman–Crippen LogP) is 2.29. The van der Waals surface area contributed by atoms with Crippen molar-refractivity contribution in [3.63, 3.8) is 0 Å². The Bertz CT molecular complexity index is 663. The first-order valence-electron chi connectivity index (χ1n) is 8.85. The van der Waals surface area contributed by atoms with Gasteiger partial charge in [0.05, 0.1) is 12.6 Å². The van der Waals surface area contributed by atoms with Gasteiger partial charge in [0, 0.05) is 25.0 Å². The van der Waals surface area contributed by atoms with E-state index in [1.54, 1.807) is 12.4 Å². The average Bonchev–Trinajstić information content (AvgIpc) is 3.08. The van der Waals surface area contributed by atoms with Crippen LogP contribution in [-0.4, -0.2) is 40.0 Å². The summed E-state index contributed by atoms with van der Waals surface area (Å²) >= 11 is 0. The predicted molar refractivity (Wildman–Crippen MR) is 96.7 cm³/mol. The summed E-state index contributed by atoms with van der Waals surface area (Å²) < 4.78 is 0. The number of benzene rings is 1. The molecule has 25 heavy (non-hydrogen) atoms. The van der Waals surface area contributed by atoms with Crippen LogP contribution in [0.3, 0.4) is 0 Å². The molecule has 1 aromatic heterocycles. The standard InChI is InChI=1S/C20H25N3O2/c24-19(17-7-2-1-3-8-17)12-18-9-5-11-23(18)15-20(25)22-14-16-6-4-10-21-13-16/h1-4,6-8,10,13,18-19,24H,5,9,11-12,14-15H2,(H,22,25). The van der Waals surface area contributed by atoms with Crippen molar-refractivity contribution in [2.45, 2.75) is 38.0 Å². The van der Waals surface area contributed by atoms with Gasteiger partial charge in [0.15, 0.2) is 0 Å². The summed E-state index contributed by atoms with van der Waals surface area (Å²) in [6.07, 6.45) is 5.76. The monoisotopic (exact) mass is 339 g/mol. The average molecular weight is 339 g/mol. The molecule has 0 radical (unpaired) electrons. The fraction of sp³-hybridized carbons (Fsp3) is 0.400. The van der Waals surface area contributed by atoms with Crippen LogP contribution in [0.4, 0.5) is 0 Å². The number of amides is 1. The van der Waals surface area contributed by atoms with Crippen molar-refractivity contribution in [2.75, 3.05) is 13.1 Å². The minimum atomic E-state index is -0.481. The lowest BCUT2D eigenvalue weighted by Crippen LogP contribution is -2.40. The Morgan fingerprint density at radius 1 is 1.28 bits per heavy atom. The molecule has 0 aliphatic carbocycles. The number of aliphatic hydroxyl groups is 1. The van der Waals surface area contributed by atoms with E-state index < -0.39 is 6.10 Å². The summed E-state index contributed by atoms with van der Waals surface area (Å²) in [5, 5.41) is 13.4. The topological polar surface area (TPSA) is 65.5 Å². The van der Waals surface area contributed by atoms with Crippen LogP contribution >= 0.6 is 0 Å². The Labute approximate surface area is 148 Å². The molecule has 0 bridgehead atoms. The number of carbonyl (C=O) groups excluding carboxylic acids is 1. The minimum absolute atomic E-state index is 0.0185. The molecule has 1 aliphatic heterocycles. The quantitative estimate of drug-likeness (QED) is 0.812. The molecule has 2 heterocycles. The van der Waals surface area contributed by atoms with E-state index in [0.29, 0.717) is 19.5 Å². The SMILES string of the molecule is O=C(CN1CCCC1CC(O)c1ccccc1)NCc1cccnc1. The normalized spacial score (nSPS) is 18.8. The maximum absolute atomic E-state index is 12.2. The molecule has 5 nitrogen and oxygen atoms in total. The molecule has 1 aliphatic rings. The summed E-state index contributed by atoms with van der Waals surface area (Å²) in [7, 11) is 0. The highest BCUT2D eigenvalue weighted by atomic mass is 16.3. The van der Waals surface area contributed by atoms with Crippen LogP contribution in [0, 0.1) is 0 Å². The molecule has 2 unspecified atom stereocenters. The molecular weight excluding hydrogens is 314 g/mol. The minimum Gasteiger partial charge on any atom is -0.388 e. The molecule has 0 spiro atoms. The molecule has 1 fully saturated rings. The number of carbonyl (C=O) groups is 1. The lowest BCUT2D eigenvalue weighted by atomic mass is 10.0. The second kappa shape index (κ2) is 8.74. The van der Waals surface area contributed by atoms with Gasteiger partial charge in [0.2, 0.25) is 5.91 Å². The van der Waals surface area contributed by atoms with Gasteiger partial charge in [0.25, 0.3) is 0 Å². The molecule has 2 N–H and O–H groups in total. The lowest BCUT2D eigenvalue weighted by molar-refractivity contribution is -0.122. The van der Waals surface area contributed by atoms with Gasteiger partial charge < -0.3 is 10.4 Å². The smallest absolute Gasteiger partial charge is 0.234 e. The highest BCUT2D eigenvalue weighted by Gasteiger charge is 2.28. The van der Waals surface area contributed by atoms with Gasteiger partial charge in [-0.3, -0.25) is 14.7 Å². The fourth-order valence-electron chi connectivity index (χ4n) is 3.38. The Kier molecular flexibility index (Phi) is 6.14. The molecule has 0 saturated carbocycles. The second-order valence-corrected chi connectivity index (χ2v) is 6.57. The third kappa shape index (κ3) is 5.11. The van der Waals surface area contributed by atoms with Crippen molar-refractivity contribution < 1.29 is 9.90 Å². The molecule has 132 valence electrons. The summed E-state index contributed by atoms with van der Waals surface area (Å²) in [5.41, 5.74) is 1.93. The second-order valence-electron chi connectivity index (χ2n) is 6.57. The van der Waals surface area contributed by atoms with E-state index in [2.05, 4.69) is 15.2 Å². The molecular formula is C20H25N3O2. The molecule has 2 atom stereocenters. The summed E-state index contributed by atoms with van der Waals surface area (Å²) in [6.45, 7) is 1.79. The maximum atomic E-state index is 12.2. The Morgan fingerprint density at radius 2 is 2.12 bits per heavy atom. The van der Waals surface area contributed by atoms with Crippen molar-refractivity contribution >= 4 is 5.91 Å². The number of nitrogens with zero attached hydrogens (tertiary/aromatic N) is 2. The van der Waals surface area contributed by atoms with Crippen LogP contribution in [-0.2, 0) is 11.3 Å². The number of hydrogen-bond acceptors (Lipinski definition) is 4. The first kappa shape index (κ1) is 17.6. The molecule has 1 saturated heterocycles. The van der Waals surface area contributed by atoms with Crippen LogP contribution < -0.4 is 5.32 Å².